The van der Waals surface area contributed by atoms with E-state index in [0.29, 0.717) is 23.5 Å². The molecule has 1 heterocycles. The van der Waals surface area contributed by atoms with E-state index in [1.54, 1.807) is 12.1 Å². The summed E-state index contributed by atoms with van der Waals surface area (Å²) in [5.41, 5.74) is 2.01. The molecule has 0 aromatic heterocycles. The standard InChI is InChI=1S/C10H7NO2/c11-5-7-1-2-8(6-12)10-9(7)3-4-13-10/h1-2,6H,3-4H2. The van der Waals surface area contributed by atoms with Gasteiger partial charge in [-0.15, -0.1) is 0 Å². The number of nitriles is 1. The van der Waals surface area contributed by atoms with Crippen LogP contribution in [0.15, 0.2) is 12.1 Å². The van der Waals surface area contributed by atoms with Crippen LogP contribution in [0.25, 0.3) is 0 Å². The summed E-state index contributed by atoms with van der Waals surface area (Å²) in [4.78, 5) is 10.6. The van der Waals surface area contributed by atoms with Gasteiger partial charge >= 0.3 is 0 Å². The van der Waals surface area contributed by atoms with E-state index in [-0.39, 0.29) is 0 Å². The normalized spacial score (nSPS) is 12.8. The first kappa shape index (κ1) is 7.81. The molecule has 3 heteroatoms. The highest BCUT2D eigenvalue weighted by atomic mass is 16.5. The first-order chi connectivity index (χ1) is 6.36. The summed E-state index contributed by atoms with van der Waals surface area (Å²) in [5.74, 6) is 0.592. The molecule has 0 spiro atoms. The van der Waals surface area contributed by atoms with Crippen molar-refractivity contribution in [2.24, 2.45) is 0 Å². The Hall–Kier alpha value is -1.82. The fourth-order valence-electron chi connectivity index (χ4n) is 1.52. The van der Waals surface area contributed by atoms with Crippen molar-refractivity contribution in [1.29, 1.82) is 5.26 Å². The van der Waals surface area contributed by atoms with Crippen molar-refractivity contribution in [2.45, 2.75) is 6.42 Å². The van der Waals surface area contributed by atoms with Gasteiger partial charge in [0, 0.05) is 12.0 Å². The van der Waals surface area contributed by atoms with E-state index in [1.165, 1.54) is 0 Å². The smallest absolute Gasteiger partial charge is 0.153 e. The van der Waals surface area contributed by atoms with Gasteiger partial charge in [-0.2, -0.15) is 5.26 Å². The van der Waals surface area contributed by atoms with E-state index in [9.17, 15) is 4.79 Å². The van der Waals surface area contributed by atoms with Crippen LogP contribution in [0.3, 0.4) is 0 Å². The van der Waals surface area contributed by atoms with Gasteiger partial charge in [0.1, 0.15) is 5.75 Å². The zero-order valence-corrected chi connectivity index (χ0v) is 6.91. The minimum absolute atomic E-state index is 0.534. The van der Waals surface area contributed by atoms with Gasteiger partial charge < -0.3 is 4.74 Å². The molecule has 3 nitrogen and oxygen atoms in total. The topological polar surface area (TPSA) is 50.1 Å². The van der Waals surface area contributed by atoms with Crippen LogP contribution in [-0.4, -0.2) is 12.9 Å². The summed E-state index contributed by atoms with van der Waals surface area (Å²) >= 11 is 0. The molecule has 0 saturated heterocycles. The molecule has 0 amide bonds. The Kier molecular flexibility index (Phi) is 1.75. The van der Waals surface area contributed by atoms with Crippen molar-refractivity contribution in [3.05, 3.63) is 28.8 Å². The van der Waals surface area contributed by atoms with Crippen molar-refractivity contribution < 1.29 is 9.53 Å². The van der Waals surface area contributed by atoms with Crippen molar-refractivity contribution in [1.82, 2.24) is 0 Å². The molecule has 0 fully saturated rings. The van der Waals surface area contributed by atoms with Crippen molar-refractivity contribution >= 4 is 6.29 Å². The number of carbonyl (C=O) groups is 1. The van der Waals surface area contributed by atoms with Crippen LogP contribution in [0, 0.1) is 11.3 Å². The Labute approximate surface area is 75.6 Å². The largest absolute Gasteiger partial charge is 0.492 e. The van der Waals surface area contributed by atoms with Gasteiger partial charge in [0.2, 0.25) is 0 Å². The first-order valence-corrected chi connectivity index (χ1v) is 4.01. The van der Waals surface area contributed by atoms with Crippen LogP contribution in [0.4, 0.5) is 0 Å². The average molecular weight is 173 g/mol. The molecule has 64 valence electrons. The van der Waals surface area contributed by atoms with E-state index >= 15 is 0 Å². The highest BCUT2D eigenvalue weighted by Crippen LogP contribution is 2.31. The van der Waals surface area contributed by atoms with E-state index in [2.05, 4.69) is 6.07 Å². The van der Waals surface area contributed by atoms with Crippen molar-refractivity contribution in [3.8, 4) is 11.8 Å². The van der Waals surface area contributed by atoms with E-state index < -0.39 is 0 Å². The minimum Gasteiger partial charge on any atom is -0.492 e. The molecule has 0 atom stereocenters. The van der Waals surface area contributed by atoms with Crippen molar-refractivity contribution in [3.63, 3.8) is 0 Å². The van der Waals surface area contributed by atoms with E-state index in [0.717, 1.165) is 18.3 Å². The Morgan fingerprint density at radius 1 is 1.54 bits per heavy atom. The molecule has 0 radical (unpaired) electrons. The zero-order valence-electron chi connectivity index (χ0n) is 6.91. The molecule has 0 bridgehead atoms. The first-order valence-electron chi connectivity index (χ1n) is 4.01. The Balaban J connectivity index is 2.67. The second-order valence-electron chi connectivity index (χ2n) is 2.84. The molecule has 1 aliphatic heterocycles. The summed E-state index contributed by atoms with van der Waals surface area (Å²) in [6, 6.07) is 5.37. The quantitative estimate of drug-likeness (QED) is 0.601. The van der Waals surface area contributed by atoms with Crippen LogP contribution in [0.2, 0.25) is 0 Å². The lowest BCUT2D eigenvalue weighted by Gasteiger charge is -2.02. The number of rotatable bonds is 1. The Morgan fingerprint density at radius 2 is 2.38 bits per heavy atom. The van der Waals surface area contributed by atoms with Gasteiger partial charge in [-0.05, 0) is 12.1 Å². The SMILES string of the molecule is N#Cc1ccc(C=O)c2c1CCO2. The number of hydrogen-bond donors (Lipinski definition) is 0. The van der Waals surface area contributed by atoms with Crippen LogP contribution in [0.1, 0.15) is 21.5 Å². The molecule has 0 N–H and O–H groups in total. The van der Waals surface area contributed by atoms with Gasteiger partial charge in [0.15, 0.2) is 6.29 Å². The highest BCUT2D eigenvalue weighted by molar-refractivity contribution is 5.81. The number of hydrogen-bond acceptors (Lipinski definition) is 3. The van der Waals surface area contributed by atoms with Gasteiger partial charge in [-0.1, -0.05) is 0 Å². The van der Waals surface area contributed by atoms with Crippen molar-refractivity contribution in [2.75, 3.05) is 6.61 Å². The Morgan fingerprint density at radius 3 is 3.08 bits per heavy atom. The summed E-state index contributed by atoms with van der Waals surface area (Å²) in [6.07, 6.45) is 1.48. The second kappa shape index (κ2) is 2.91. The third kappa shape index (κ3) is 1.07. The molecule has 0 aliphatic carbocycles. The van der Waals surface area contributed by atoms with E-state index in [4.69, 9.17) is 10.00 Å². The van der Waals surface area contributed by atoms with Crippen LogP contribution >= 0.6 is 0 Å². The minimum atomic E-state index is 0.534. The molecule has 0 saturated carbocycles. The van der Waals surface area contributed by atoms with Gasteiger partial charge in [0.05, 0.1) is 23.8 Å². The maximum absolute atomic E-state index is 10.6. The molecule has 1 aromatic carbocycles. The maximum Gasteiger partial charge on any atom is 0.153 e. The molecule has 13 heavy (non-hydrogen) atoms. The lowest BCUT2D eigenvalue weighted by molar-refractivity contribution is 0.112. The monoisotopic (exact) mass is 173 g/mol. The fraction of sp³-hybridized carbons (Fsp3) is 0.200. The number of carbonyl (C=O) groups excluding carboxylic acids is 1. The Bertz CT molecular complexity index is 404. The van der Waals surface area contributed by atoms with Gasteiger partial charge in [0.25, 0.3) is 0 Å². The third-order valence-corrected chi connectivity index (χ3v) is 2.14. The number of ether oxygens (including phenoxy) is 1. The molecule has 1 aromatic rings. The molecular formula is C10H7NO2. The summed E-state index contributed by atoms with van der Waals surface area (Å²) in [7, 11) is 0. The predicted octanol–water partition coefficient (Wildman–Crippen LogP) is 1.31. The number of fused-ring (bicyclic) bond motifs is 1. The molecule has 0 unspecified atom stereocenters. The number of nitrogens with zero attached hydrogens (tertiary/aromatic N) is 1. The number of aldehydes is 1. The lowest BCUT2D eigenvalue weighted by atomic mass is 10.0. The van der Waals surface area contributed by atoms with E-state index in [1.807, 2.05) is 0 Å². The maximum atomic E-state index is 10.6. The summed E-state index contributed by atoms with van der Waals surface area (Å²) < 4.78 is 5.28. The highest BCUT2D eigenvalue weighted by Gasteiger charge is 2.19. The third-order valence-electron chi connectivity index (χ3n) is 2.14. The van der Waals surface area contributed by atoms with Gasteiger partial charge in [-0.25, -0.2) is 0 Å². The molecular weight excluding hydrogens is 166 g/mol. The molecule has 2 rings (SSSR count). The summed E-state index contributed by atoms with van der Waals surface area (Å²) in [5, 5.41) is 8.77. The zero-order chi connectivity index (χ0) is 9.26. The van der Waals surface area contributed by atoms with Gasteiger partial charge in [-0.3, -0.25) is 4.79 Å². The average Bonchev–Trinajstić information content (AvgIpc) is 2.64. The predicted molar refractivity (Wildman–Crippen MR) is 45.7 cm³/mol. The second-order valence-corrected chi connectivity index (χ2v) is 2.84. The van der Waals surface area contributed by atoms with Crippen LogP contribution < -0.4 is 4.74 Å². The van der Waals surface area contributed by atoms with Crippen LogP contribution in [-0.2, 0) is 6.42 Å². The van der Waals surface area contributed by atoms with Crippen LogP contribution in [0.5, 0.6) is 5.75 Å². The summed E-state index contributed by atoms with van der Waals surface area (Å²) in [6.45, 7) is 0.564. The molecule has 1 aliphatic rings. The number of benzene rings is 1. The fourth-order valence-corrected chi connectivity index (χ4v) is 1.52. The lowest BCUT2D eigenvalue weighted by Crippen LogP contribution is -1.90.